The summed E-state index contributed by atoms with van der Waals surface area (Å²) < 4.78 is 27.0. The minimum atomic E-state index is -3.34. The van der Waals surface area contributed by atoms with Crippen LogP contribution in [0.5, 0.6) is 5.75 Å². The molecule has 0 aliphatic rings. The molecule has 0 amide bonds. The van der Waals surface area contributed by atoms with Crippen LogP contribution in [0.25, 0.3) is 22.2 Å². The van der Waals surface area contributed by atoms with E-state index in [1.165, 1.54) is 0 Å². The van der Waals surface area contributed by atoms with E-state index in [-0.39, 0.29) is 5.75 Å². The lowest BCUT2D eigenvalue weighted by molar-refractivity contribution is 0.476. The van der Waals surface area contributed by atoms with Gasteiger partial charge in [0.2, 0.25) is 10.0 Å². The summed E-state index contributed by atoms with van der Waals surface area (Å²) in [6.45, 7) is 2.59. The number of sulfonamides is 1. The number of anilines is 1. The van der Waals surface area contributed by atoms with Crippen molar-refractivity contribution in [1.29, 1.82) is 5.26 Å². The summed E-state index contributed by atoms with van der Waals surface area (Å²) in [6, 6.07) is 14.1. The van der Waals surface area contributed by atoms with Gasteiger partial charge in [0, 0.05) is 23.7 Å². The third-order valence-corrected chi connectivity index (χ3v) is 4.54. The molecule has 1 heterocycles. The Hall–Kier alpha value is -2.98. The van der Waals surface area contributed by atoms with Crippen LogP contribution >= 0.6 is 0 Å². The SMILES string of the molecule is CCn1c(-c2ccc(NS(C)(=O)=O)cc2)c(C#N)c2ccc(O)cc21. The molecule has 25 heavy (non-hydrogen) atoms. The number of aromatic nitrogens is 1. The average molecular weight is 355 g/mol. The first-order valence-corrected chi connectivity index (χ1v) is 9.56. The van der Waals surface area contributed by atoms with Crippen molar-refractivity contribution < 1.29 is 13.5 Å². The molecule has 0 unspecified atom stereocenters. The molecule has 0 aliphatic heterocycles. The number of fused-ring (bicyclic) bond motifs is 1. The number of aromatic hydroxyl groups is 1. The highest BCUT2D eigenvalue weighted by atomic mass is 32.2. The number of phenolic OH excluding ortho intramolecular Hbond substituents is 1. The largest absolute Gasteiger partial charge is 0.508 e. The highest BCUT2D eigenvalue weighted by Gasteiger charge is 2.18. The maximum absolute atomic E-state index is 11.3. The minimum Gasteiger partial charge on any atom is -0.508 e. The van der Waals surface area contributed by atoms with Crippen LogP contribution < -0.4 is 4.72 Å². The summed E-state index contributed by atoms with van der Waals surface area (Å²) in [6.07, 6.45) is 1.09. The zero-order chi connectivity index (χ0) is 18.2. The molecule has 0 saturated carbocycles. The third-order valence-electron chi connectivity index (χ3n) is 3.94. The smallest absolute Gasteiger partial charge is 0.229 e. The highest BCUT2D eigenvalue weighted by molar-refractivity contribution is 7.92. The number of benzene rings is 2. The van der Waals surface area contributed by atoms with Crippen molar-refractivity contribution in [3.8, 4) is 23.1 Å². The first kappa shape index (κ1) is 16.9. The van der Waals surface area contributed by atoms with Gasteiger partial charge in [0.1, 0.15) is 11.8 Å². The van der Waals surface area contributed by atoms with Crippen molar-refractivity contribution in [2.75, 3.05) is 11.0 Å². The molecule has 128 valence electrons. The van der Waals surface area contributed by atoms with Gasteiger partial charge in [-0.25, -0.2) is 8.42 Å². The number of nitriles is 1. The summed E-state index contributed by atoms with van der Waals surface area (Å²) in [7, 11) is -3.34. The number of hydrogen-bond acceptors (Lipinski definition) is 4. The molecule has 0 bridgehead atoms. The molecule has 2 aromatic carbocycles. The summed E-state index contributed by atoms with van der Waals surface area (Å²) in [4.78, 5) is 0. The fourth-order valence-corrected chi connectivity index (χ4v) is 3.55. The van der Waals surface area contributed by atoms with Crippen LogP contribution in [0.2, 0.25) is 0 Å². The Morgan fingerprint density at radius 2 is 1.88 bits per heavy atom. The normalized spacial score (nSPS) is 11.4. The topological polar surface area (TPSA) is 95.1 Å². The number of hydrogen-bond donors (Lipinski definition) is 2. The van der Waals surface area contributed by atoms with Gasteiger partial charge in [0.05, 0.1) is 23.0 Å². The Kier molecular flexibility index (Phi) is 4.15. The molecule has 3 rings (SSSR count). The van der Waals surface area contributed by atoms with E-state index in [1.807, 2.05) is 11.5 Å². The molecule has 1 aromatic heterocycles. The van der Waals surface area contributed by atoms with Crippen molar-refractivity contribution in [2.24, 2.45) is 0 Å². The highest BCUT2D eigenvalue weighted by Crippen LogP contribution is 2.35. The number of aryl methyl sites for hydroxylation is 1. The molecule has 0 radical (unpaired) electrons. The van der Waals surface area contributed by atoms with Gasteiger partial charge in [0.15, 0.2) is 0 Å². The summed E-state index contributed by atoms with van der Waals surface area (Å²) in [5.74, 6) is 0.142. The van der Waals surface area contributed by atoms with E-state index in [0.717, 1.165) is 28.4 Å². The van der Waals surface area contributed by atoms with Crippen molar-refractivity contribution in [2.45, 2.75) is 13.5 Å². The predicted molar refractivity (Wildman–Crippen MR) is 97.9 cm³/mol. The zero-order valence-electron chi connectivity index (χ0n) is 13.8. The summed E-state index contributed by atoms with van der Waals surface area (Å²) >= 11 is 0. The second-order valence-electron chi connectivity index (χ2n) is 5.73. The monoisotopic (exact) mass is 355 g/mol. The van der Waals surface area contributed by atoms with Gasteiger partial charge in [-0.1, -0.05) is 12.1 Å². The first-order chi connectivity index (χ1) is 11.8. The Morgan fingerprint density at radius 1 is 1.20 bits per heavy atom. The predicted octanol–water partition coefficient (Wildman–Crippen LogP) is 3.28. The lowest BCUT2D eigenvalue weighted by Crippen LogP contribution is -2.09. The molecule has 3 aromatic rings. The molecular weight excluding hydrogens is 338 g/mol. The minimum absolute atomic E-state index is 0.142. The van der Waals surface area contributed by atoms with Crippen LogP contribution in [-0.4, -0.2) is 24.3 Å². The van der Waals surface area contributed by atoms with E-state index in [9.17, 15) is 18.8 Å². The second-order valence-corrected chi connectivity index (χ2v) is 7.48. The third kappa shape index (κ3) is 3.16. The molecule has 7 heteroatoms. The van der Waals surface area contributed by atoms with Crippen LogP contribution in [0.15, 0.2) is 42.5 Å². The average Bonchev–Trinajstić information content (AvgIpc) is 2.86. The van der Waals surface area contributed by atoms with E-state index in [0.29, 0.717) is 17.8 Å². The number of nitrogens with zero attached hydrogens (tertiary/aromatic N) is 2. The quantitative estimate of drug-likeness (QED) is 0.751. The molecular formula is C18H17N3O3S. The molecule has 0 atom stereocenters. The lowest BCUT2D eigenvalue weighted by atomic mass is 10.1. The van der Waals surface area contributed by atoms with Crippen molar-refractivity contribution in [3.05, 3.63) is 48.0 Å². The first-order valence-electron chi connectivity index (χ1n) is 7.67. The van der Waals surface area contributed by atoms with Crippen molar-refractivity contribution >= 4 is 26.6 Å². The molecule has 0 saturated heterocycles. The van der Waals surface area contributed by atoms with Gasteiger partial charge in [-0.3, -0.25) is 4.72 Å². The summed E-state index contributed by atoms with van der Waals surface area (Å²) in [5.41, 5.74) is 3.32. The Bertz CT molecular complexity index is 1090. The van der Waals surface area contributed by atoms with E-state index >= 15 is 0 Å². The molecule has 0 aliphatic carbocycles. The maximum Gasteiger partial charge on any atom is 0.229 e. The van der Waals surface area contributed by atoms with Crippen LogP contribution in [0, 0.1) is 11.3 Å². The lowest BCUT2D eigenvalue weighted by Gasteiger charge is -2.10. The van der Waals surface area contributed by atoms with Crippen LogP contribution in [0.3, 0.4) is 0 Å². The van der Waals surface area contributed by atoms with Crippen molar-refractivity contribution in [3.63, 3.8) is 0 Å². The number of phenols is 1. The molecule has 6 nitrogen and oxygen atoms in total. The Balaban J connectivity index is 2.20. The Labute approximate surface area is 146 Å². The molecule has 0 spiro atoms. The van der Waals surface area contributed by atoms with E-state index in [1.54, 1.807) is 42.5 Å². The van der Waals surface area contributed by atoms with Crippen LogP contribution in [0.1, 0.15) is 12.5 Å². The zero-order valence-corrected chi connectivity index (χ0v) is 14.6. The fourth-order valence-electron chi connectivity index (χ4n) is 2.99. The van der Waals surface area contributed by atoms with Gasteiger partial charge < -0.3 is 9.67 Å². The Morgan fingerprint density at radius 3 is 2.44 bits per heavy atom. The molecule has 2 N–H and O–H groups in total. The molecule has 0 fully saturated rings. The van der Waals surface area contributed by atoms with E-state index in [2.05, 4.69) is 10.8 Å². The second kappa shape index (κ2) is 6.15. The van der Waals surface area contributed by atoms with Gasteiger partial charge in [0.25, 0.3) is 0 Å². The van der Waals surface area contributed by atoms with Crippen LogP contribution in [-0.2, 0) is 16.6 Å². The van der Waals surface area contributed by atoms with Crippen LogP contribution in [0.4, 0.5) is 5.69 Å². The standard InChI is InChI=1S/C18H17N3O3S/c1-3-21-17-10-14(22)8-9-15(17)16(11-19)18(21)12-4-6-13(7-5-12)20-25(2,23)24/h4-10,20,22H,3H2,1-2H3. The maximum atomic E-state index is 11.3. The summed E-state index contributed by atoms with van der Waals surface area (Å²) in [5, 5.41) is 20.2. The van der Waals surface area contributed by atoms with Gasteiger partial charge in [-0.05, 0) is 36.8 Å². The number of rotatable bonds is 4. The van der Waals surface area contributed by atoms with Gasteiger partial charge in [-0.2, -0.15) is 5.26 Å². The van der Waals surface area contributed by atoms with E-state index in [4.69, 9.17) is 0 Å². The number of nitrogens with one attached hydrogen (secondary N) is 1. The van der Waals surface area contributed by atoms with Crippen molar-refractivity contribution in [1.82, 2.24) is 4.57 Å². The van der Waals surface area contributed by atoms with Gasteiger partial charge >= 0.3 is 0 Å². The fraction of sp³-hybridized carbons (Fsp3) is 0.167. The van der Waals surface area contributed by atoms with Gasteiger partial charge in [-0.15, -0.1) is 0 Å². The van der Waals surface area contributed by atoms with E-state index < -0.39 is 10.0 Å².